The molecule has 0 saturated carbocycles. The summed E-state index contributed by atoms with van der Waals surface area (Å²) >= 11 is 0. The molecular formula is C21H11F6N5O2. The van der Waals surface area contributed by atoms with Crippen LogP contribution >= 0.6 is 0 Å². The molecule has 174 valence electrons. The number of amides is 1. The van der Waals surface area contributed by atoms with Crippen LogP contribution in [0.2, 0.25) is 0 Å². The van der Waals surface area contributed by atoms with Crippen LogP contribution in [-0.2, 0) is 17.3 Å². The number of benzene rings is 1. The smallest absolute Gasteiger partial charge is 0.352 e. The fraction of sp³-hybridized carbons (Fsp3) is 0.0952. The summed E-state index contributed by atoms with van der Waals surface area (Å²) in [6.07, 6.45) is -5.75. The highest BCUT2D eigenvalue weighted by atomic mass is 19.4. The third-order valence-electron chi connectivity index (χ3n) is 4.75. The highest BCUT2D eigenvalue weighted by Gasteiger charge is 2.39. The lowest BCUT2D eigenvalue weighted by atomic mass is 9.96. The van der Waals surface area contributed by atoms with Gasteiger partial charge in [-0.1, -0.05) is 18.2 Å². The maximum absolute atomic E-state index is 14.0. The molecule has 0 fully saturated rings. The van der Waals surface area contributed by atoms with Gasteiger partial charge in [0.15, 0.2) is 5.94 Å². The Balaban J connectivity index is 1.79. The number of imidazole rings is 1. The van der Waals surface area contributed by atoms with E-state index in [0.29, 0.717) is 12.3 Å². The summed E-state index contributed by atoms with van der Waals surface area (Å²) in [6.45, 7) is 0. The number of nitrogens with zero attached hydrogens (tertiary/aromatic N) is 3. The first-order valence-corrected chi connectivity index (χ1v) is 9.32. The van der Waals surface area contributed by atoms with Crippen LogP contribution in [0.25, 0.3) is 23.2 Å². The van der Waals surface area contributed by atoms with Crippen molar-refractivity contribution < 1.29 is 35.9 Å². The molecule has 0 spiro atoms. The number of halogens is 6. The number of carbonyl (C=O) groups is 1. The highest BCUT2D eigenvalue weighted by Crippen LogP contribution is 2.36. The van der Waals surface area contributed by atoms with Gasteiger partial charge in [-0.2, -0.15) is 13.2 Å². The van der Waals surface area contributed by atoms with Crippen molar-refractivity contribution in [3.63, 3.8) is 0 Å². The molecule has 3 heterocycles. The molecular weight excluding hydrogens is 468 g/mol. The van der Waals surface area contributed by atoms with Gasteiger partial charge in [0, 0.05) is 29.2 Å². The molecule has 4 rings (SSSR count). The second-order valence-electron chi connectivity index (χ2n) is 6.87. The molecule has 0 radical (unpaired) electrons. The van der Waals surface area contributed by atoms with E-state index in [4.69, 9.17) is 0 Å². The van der Waals surface area contributed by atoms with Crippen LogP contribution in [-0.4, -0.2) is 26.4 Å². The van der Waals surface area contributed by atoms with Gasteiger partial charge in [-0.05, 0) is 23.8 Å². The van der Waals surface area contributed by atoms with E-state index in [0.717, 1.165) is 12.3 Å². The second-order valence-corrected chi connectivity index (χ2v) is 6.87. The first kappa shape index (κ1) is 22.8. The second kappa shape index (κ2) is 8.19. The molecule has 1 aliphatic rings. The van der Waals surface area contributed by atoms with E-state index in [-0.39, 0.29) is 27.0 Å². The average molecular weight is 479 g/mol. The zero-order valence-corrected chi connectivity index (χ0v) is 16.6. The number of carbonyl (C=O) groups excluding carboxylic acids is 2. The van der Waals surface area contributed by atoms with Crippen molar-refractivity contribution in [1.29, 1.82) is 0 Å². The van der Waals surface area contributed by atoms with Gasteiger partial charge in [-0.3, -0.25) is 9.78 Å². The lowest BCUT2D eigenvalue weighted by Gasteiger charge is -2.19. The first-order chi connectivity index (χ1) is 16.0. The zero-order chi connectivity index (χ0) is 24.7. The predicted octanol–water partition coefficient (Wildman–Crippen LogP) is 4.44. The fourth-order valence-electron chi connectivity index (χ4n) is 3.35. The van der Waals surface area contributed by atoms with Crippen LogP contribution in [0.4, 0.5) is 32.0 Å². The third-order valence-corrected chi connectivity index (χ3v) is 4.75. The molecule has 1 amide bonds. The Morgan fingerprint density at radius 1 is 1.06 bits per heavy atom. The number of rotatable bonds is 3. The van der Waals surface area contributed by atoms with E-state index in [1.807, 2.05) is 5.32 Å². The summed E-state index contributed by atoms with van der Waals surface area (Å²) in [4.78, 5) is 30.7. The molecule has 0 atom stereocenters. The monoisotopic (exact) mass is 479 g/mol. The lowest BCUT2D eigenvalue weighted by molar-refractivity contribution is -0.203. The third kappa shape index (κ3) is 4.16. The van der Waals surface area contributed by atoms with E-state index >= 15 is 0 Å². The molecule has 0 aliphatic carbocycles. The molecule has 34 heavy (non-hydrogen) atoms. The van der Waals surface area contributed by atoms with Gasteiger partial charge in [0.2, 0.25) is 0 Å². The average Bonchev–Trinajstić information content (AvgIpc) is 3.24. The van der Waals surface area contributed by atoms with Gasteiger partial charge in [0.25, 0.3) is 5.91 Å². The molecule has 1 aromatic carbocycles. The maximum Gasteiger partial charge on any atom is 0.490 e. The van der Waals surface area contributed by atoms with Crippen molar-refractivity contribution in [2.24, 2.45) is 0 Å². The Morgan fingerprint density at radius 3 is 2.47 bits per heavy atom. The number of anilines is 1. The maximum atomic E-state index is 14.0. The van der Waals surface area contributed by atoms with E-state index in [9.17, 15) is 35.9 Å². The van der Waals surface area contributed by atoms with E-state index in [1.165, 1.54) is 30.5 Å². The predicted molar refractivity (Wildman–Crippen MR) is 107 cm³/mol. The molecule has 2 aromatic heterocycles. The lowest BCUT2D eigenvalue weighted by Crippen LogP contribution is -2.26. The number of alkyl halides is 6. The summed E-state index contributed by atoms with van der Waals surface area (Å²) in [5.41, 5.74) is -2.24. The summed E-state index contributed by atoms with van der Waals surface area (Å²) in [5, 5.41) is 4.64. The van der Waals surface area contributed by atoms with Gasteiger partial charge in [0.1, 0.15) is 22.9 Å². The molecule has 1 aliphatic heterocycles. The number of hydrogen-bond donors (Lipinski definition) is 2. The largest absolute Gasteiger partial charge is 0.490 e. The molecule has 0 saturated heterocycles. The van der Waals surface area contributed by atoms with Gasteiger partial charge in [-0.15, -0.1) is 13.2 Å². The Hall–Kier alpha value is -4.38. The SMILES string of the molecule is O=C=C1NC=Cc2c1cccc2-c1ncc(C(=O)Nc2ccnc(C(F)(F)F)c2)n1C(F)(F)F. The number of pyridine rings is 1. The quantitative estimate of drug-likeness (QED) is 0.429. The molecule has 0 unspecified atom stereocenters. The topological polar surface area (TPSA) is 88.9 Å². The highest BCUT2D eigenvalue weighted by molar-refractivity contribution is 6.03. The summed E-state index contributed by atoms with van der Waals surface area (Å²) in [7, 11) is 0. The van der Waals surface area contributed by atoms with Crippen LogP contribution in [0.1, 0.15) is 27.3 Å². The summed E-state index contributed by atoms with van der Waals surface area (Å²) < 4.78 is 80.3. The van der Waals surface area contributed by atoms with Crippen LogP contribution < -0.4 is 10.6 Å². The van der Waals surface area contributed by atoms with Crippen LogP contribution in [0.15, 0.2) is 48.9 Å². The van der Waals surface area contributed by atoms with Crippen molar-refractivity contribution in [2.45, 2.75) is 12.5 Å². The van der Waals surface area contributed by atoms with Crippen molar-refractivity contribution >= 4 is 29.3 Å². The minimum atomic E-state index is -5.11. The van der Waals surface area contributed by atoms with Gasteiger partial charge in [-0.25, -0.2) is 14.3 Å². The zero-order valence-electron chi connectivity index (χ0n) is 16.6. The summed E-state index contributed by atoms with van der Waals surface area (Å²) in [5.74, 6) is -0.342. The Morgan fingerprint density at radius 2 is 1.79 bits per heavy atom. The van der Waals surface area contributed by atoms with Crippen molar-refractivity contribution in [3.05, 3.63) is 71.4 Å². The van der Waals surface area contributed by atoms with Crippen LogP contribution in [0.5, 0.6) is 0 Å². The Bertz CT molecular complexity index is 1370. The minimum absolute atomic E-state index is 0.000544. The van der Waals surface area contributed by atoms with Gasteiger partial charge >= 0.3 is 12.5 Å². The number of hydrogen-bond acceptors (Lipinski definition) is 5. The number of fused-ring (bicyclic) bond motifs is 1. The molecule has 0 bridgehead atoms. The van der Waals surface area contributed by atoms with Crippen LogP contribution in [0, 0.1) is 0 Å². The molecule has 2 N–H and O–H groups in total. The summed E-state index contributed by atoms with van der Waals surface area (Å²) in [6, 6.07) is 5.71. The van der Waals surface area contributed by atoms with E-state index in [2.05, 4.69) is 15.3 Å². The van der Waals surface area contributed by atoms with E-state index < -0.39 is 41.3 Å². The number of aromatic nitrogens is 3. The fourth-order valence-corrected chi connectivity index (χ4v) is 3.35. The van der Waals surface area contributed by atoms with Gasteiger partial charge in [0.05, 0.1) is 6.20 Å². The molecule has 13 heteroatoms. The standard InChI is InChI=1S/C21H11F6N5O2/c22-20(23,24)17-8-11(4-6-29-17)31-19(34)16-9-30-18(32(16)21(25,26)27)14-3-1-2-13-12(14)5-7-28-15(13)10-33/h1-9,28H,(H,29,31,34). The number of nitrogens with one attached hydrogen (secondary N) is 2. The van der Waals surface area contributed by atoms with Crippen molar-refractivity contribution in [3.8, 4) is 11.4 Å². The van der Waals surface area contributed by atoms with E-state index in [1.54, 1.807) is 5.94 Å². The Labute approximate surface area is 186 Å². The van der Waals surface area contributed by atoms with Crippen molar-refractivity contribution in [2.75, 3.05) is 5.32 Å². The van der Waals surface area contributed by atoms with Gasteiger partial charge < -0.3 is 10.6 Å². The molecule has 3 aromatic rings. The minimum Gasteiger partial charge on any atom is -0.352 e. The normalized spacial score (nSPS) is 13.2. The van der Waals surface area contributed by atoms with Crippen molar-refractivity contribution in [1.82, 2.24) is 19.9 Å². The molecule has 7 nitrogen and oxygen atoms in total. The van der Waals surface area contributed by atoms with Crippen LogP contribution in [0.3, 0.4) is 0 Å². The Kier molecular flexibility index (Phi) is 5.49. The first-order valence-electron chi connectivity index (χ1n) is 9.32.